The number of amides is 1. The molecule has 0 heterocycles. The first-order chi connectivity index (χ1) is 7.56. The Morgan fingerprint density at radius 2 is 2.31 bits per heavy atom. The van der Waals surface area contributed by atoms with Crippen LogP contribution in [0, 0.1) is 13.7 Å². The van der Waals surface area contributed by atoms with Gasteiger partial charge < -0.3 is 0 Å². The van der Waals surface area contributed by atoms with E-state index >= 15 is 0 Å². The van der Waals surface area contributed by atoms with E-state index in [0.29, 0.717) is 15.7 Å². The molecule has 0 saturated carbocycles. The van der Waals surface area contributed by atoms with Crippen LogP contribution in [-0.4, -0.2) is 17.4 Å². The highest BCUT2D eigenvalue weighted by molar-refractivity contribution is 14.1. The molecule has 7 heteroatoms. The number of halogens is 1. The summed E-state index contributed by atoms with van der Waals surface area (Å²) in [6, 6.07) is 4.01. The van der Waals surface area contributed by atoms with Crippen molar-refractivity contribution in [2.75, 3.05) is 6.61 Å². The number of nitrogens with one attached hydrogen (secondary N) is 1. The molecule has 0 aromatic heterocycles. The van der Waals surface area contributed by atoms with Crippen LogP contribution in [0.25, 0.3) is 0 Å². The fourth-order valence-corrected chi connectivity index (χ4v) is 1.74. The van der Waals surface area contributed by atoms with Crippen molar-refractivity contribution in [2.45, 2.75) is 6.92 Å². The molecule has 0 spiro atoms. The molecule has 6 nitrogen and oxygen atoms in total. The van der Waals surface area contributed by atoms with Crippen molar-refractivity contribution in [3.05, 3.63) is 37.4 Å². The number of hydrogen-bond donors (Lipinski definition) is 1. The molecular formula is C9H9IN2O4. The number of nitro groups is 1. The molecule has 1 N–H and O–H groups in total. The molecule has 0 atom stereocenters. The molecular weight excluding hydrogens is 327 g/mol. The van der Waals surface area contributed by atoms with Gasteiger partial charge in [0.15, 0.2) is 0 Å². The second kappa shape index (κ2) is 5.75. The average molecular weight is 336 g/mol. The third-order valence-corrected chi connectivity index (χ3v) is 2.61. The van der Waals surface area contributed by atoms with E-state index in [1.807, 2.05) is 22.6 Å². The number of benzene rings is 1. The molecule has 16 heavy (non-hydrogen) atoms. The molecule has 1 aromatic rings. The second-order valence-electron chi connectivity index (χ2n) is 2.79. The Morgan fingerprint density at radius 3 is 2.81 bits per heavy atom. The Balaban J connectivity index is 2.90. The van der Waals surface area contributed by atoms with Gasteiger partial charge in [-0.05, 0) is 35.6 Å². The number of rotatable bonds is 4. The van der Waals surface area contributed by atoms with Crippen LogP contribution >= 0.6 is 22.6 Å². The van der Waals surface area contributed by atoms with Gasteiger partial charge in [-0.1, -0.05) is 0 Å². The number of hydroxylamine groups is 1. The zero-order chi connectivity index (χ0) is 12.1. The molecule has 0 unspecified atom stereocenters. The zero-order valence-electron chi connectivity index (χ0n) is 8.40. The standard InChI is InChI=1S/C9H9IN2O4/c1-2-16-11-9(13)7-4-3-6(12(14)15)5-8(7)10/h3-5H,2H2,1H3,(H,11,13). The number of carbonyl (C=O) groups excluding carboxylic acids is 1. The van der Waals surface area contributed by atoms with Crippen LogP contribution in [0.15, 0.2) is 18.2 Å². The van der Waals surface area contributed by atoms with Crippen molar-refractivity contribution in [1.82, 2.24) is 5.48 Å². The summed E-state index contributed by atoms with van der Waals surface area (Å²) in [4.78, 5) is 26.2. The van der Waals surface area contributed by atoms with Crippen molar-refractivity contribution in [3.63, 3.8) is 0 Å². The highest BCUT2D eigenvalue weighted by atomic mass is 127. The van der Waals surface area contributed by atoms with Crippen molar-refractivity contribution in [1.29, 1.82) is 0 Å². The van der Waals surface area contributed by atoms with Gasteiger partial charge in [-0.15, -0.1) is 0 Å². The highest BCUT2D eigenvalue weighted by Gasteiger charge is 2.14. The van der Waals surface area contributed by atoms with E-state index in [0.717, 1.165) is 0 Å². The van der Waals surface area contributed by atoms with Gasteiger partial charge in [0.05, 0.1) is 17.1 Å². The predicted molar refractivity (Wildman–Crippen MR) is 64.9 cm³/mol. The number of carbonyl (C=O) groups is 1. The van der Waals surface area contributed by atoms with Gasteiger partial charge in [0.2, 0.25) is 0 Å². The summed E-state index contributed by atoms with van der Waals surface area (Å²) in [5.41, 5.74) is 2.53. The Kier molecular flexibility index (Phi) is 4.62. The van der Waals surface area contributed by atoms with E-state index < -0.39 is 10.8 Å². The zero-order valence-corrected chi connectivity index (χ0v) is 10.6. The molecule has 0 saturated heterocycles. The molecule has 1 aromatic carbocycles. The van der Waals surface area contributed by atoms with E-state index in [-0.39, 0.29) is 5.69 Å². The molecule has 0 bridgehead atoms. The lowest BCUT2D eigenvalue weighted by atomic mass is 10.2. The first kappa shape index (κ1) is 12.8. The fourth-order valence-electron chi connectivity index (χ4n) is 0.994. The van der Waals surface area contributed by atoms with Crippen LogP contribution in [0.5, 0.6) is 0 Å². The molecule has 1 amide bonds. The van der Waals surface area contributed by atoms with E-state index in [4.69, 9.17) is 4.84 Å². The predicted octanol–water partition coefficient (Wildman–Crippen LogP) is 1.88. The summed E-state index contributed by atoms with van der Waals surface area (Å²) in [5.74, 6) is -0.416. The van der Waals surface area contributed by atoms with Gasteiger partial charge >= 0.3 is 0 Å². The third kappa shape index (κ3) is 3.14. The molecule has 1 rings (SSSR count). The van der Waals surface area contributed by atoms with Gasteiger partial charge in [0.25, 0.3) is 11.6 Å². The molecule has 0 radical (unpaired) electrons. The lowest BCUT2D eigenvalue weighted by Crippen LogP contribution is -2.24. The van der Waals surface area contributed by atoms with E-state index in [9.17, 15) is 14.9 Å². The molecule has 0 aliphatic rings. The monoisotopic (exact) mass is 336 g/mol. The Hall–Kier alpha value is -1.22. The highest BCUT2D eigenvalue weighted by Crippen LogP contribution is 2.19. The summed E-state index contributed by atoms with van der Waals surface area (Å²) in [6.45, 7) is 2.09. The van der Waals surface area contributed by atoms with Crippen LogP contribution in [0.4, 0.5) is 5.69 Å². The van der Waals surface area contributed by atoms with Gasteiger partial charge in [-0.2, -0.15) is 0 Å². The molecule has 0 fully saturated rings. The third-order valence-electron chi connectivity index (χ3n) is 1.72. The van der Waals surface area contributed by atoms with Crippen molar-refractivity contribution in [2.24, 2.45) is 0 Å². The summed E-state index contributed by atoms with van der Waals surface area (Å²) in [5, 5.41) is 10.5. The second-order valence-corrected chi connectivity index (χ2v) is 3.95. The summed E-state index contributed by atoms with van der Waals surface area (Å²) < 4.78 is 0.504. The summed E-state index contributed by atoms with van der Waals surface area (Å²) in [6.07, 6.45) is 0. The van der Waals surface area contributed by atoms with E-state index in [2.05, 4.69) is 5.48 Å². The van der Waals surface area contributed by atoms with Crippen molar-refractivity contribution in [3.8, 4) is 0 Å². The average Bonchev–Trinajstić information content (AvgIpc) is 2.25. The van der Waals surface area contributed by atoms with Crippen LogP contribution in [-0.2, 0) is 4.84 Å². The number of nitro benzene ring substituents is 1. The largest absolute Gasteiger partial charge is 0.275 e. The lowest BCUT2D eigenvalue weighted by Gasteiger charge is -2.05. The molecule has 86 valence electrons. The van der Waals surface area contributed by atoms with Crippen LogP contribution in [0.1, 0.15) is 17.3 Å². The quantitative estimate of drug-likeness (QED) is 0.517. The smallest absolute Gasteiger partial charge is 0.274 e. The minimum atomic E-state index is -0.508. The topological polar surface area (TPSA) is 81.5 Å². The molecule has 0 aliphatic carbocycles. The van der Waals surface area contributed by atoms with E-state index in [1.165, 1.54) is 18.2 Å². The first-order valence-corrected chi connectivity index (χ1v) is 5.50. The minimum Gasteiger partial charge on any atom is -0.274 e. The SMILES string of the molecule is CCONC(=O)c1ccc([N+](=O)[O-])cc1I. The minimum absolute atomic E-state index is 0.0441. The van der Waals surface area contributed by atoms with Gasteiger partial charge in [0.1, 0.15) is 0 Å². The van der Waals surface area contributed by atoms with Crippen molar-refractivity contribution < 1.29 is 14.6 Å². The Morgan fingerprint density at radius 1 is 1.62 bits per heavy atom. The van der Waals surface area contributed by atoms with Gasteiger partial charge in [-0.3, -0.25) is 19.7 Å². The maximum atomic E-state index is 11.5. The van der Waals surface area contributed by atoms with Crippen LogP contribution in [0.3, 0.4) is 0 Å². The summed E-state index contributed by atoms with van der Waals surface area (Å²) in [7, 11) is 0. The number of non-ortho nitro benzene ring substituents is 1. The number of hydrogen-bond acceptors (Lipinski definition) is 4. The normalized spacial score (nSPS) is 9.88. The maximum Gasteiger partial charge on any atom is 0.275 e. The van der Waals surface area contributed by atoms with Gasteiger partial charge in [0, 0.05) is 15.7 Å². The van der Waals surface area contributed by atoms with Crippen LogP contribution < -0.4 is 5.48 Å². The Labute approximate surface area is 105 Å². The fraction of sp³-hybridized carbons (Fsp3) is 0.222. The molecule has 0 aliphatic heterocycles. The Bertz CT molecular complexity index is 422. The summed E-state index contributed by atoms with van der Waals surface area (Å²) >= 11 is 1.87. The lowest BCUT2D eigenvalue weighted by molar-refractivity contribution is -0.384. The first-order valence-electron chi connectivity index (χ1n) is 4.42. The van der Waals surface area contributed by atoms with E-state index in [1.54, 1.807) is 6.92 Å². The maximum absolute atomic E-state index is 11.5. The van der Waals surface area contributed by atoms with Crippen LogP contribution in [0.2, 0.25) is 0 Å². The van der Waals surface area contributed by atoms with Gasteiger partial charge in [-0.25, -0.2) is 5.48 Å². The number of nitrogens with zero attached hydrogens (tertiary/aromatic N) is 1. The van der Waals surface area contributed by atoms with Crippen molar-refractivity contribution >= 4 is 34.2 Å².